The topological polar surface area (TPSA) is 93.0 Å². The predicted molar refractivity (Wildman–Crippen MR) is 91.1 cm³/mol. The quantitative estimate of drug-likeness (QED) is 0.768. The van der Waals surface area contributed by atoms with Crippen LogP contribution in [0.3, 0.4) is 0 Å². The summed E-state index contributed by atoms with van der Waals surface area (Å²) in [7, 11) is 3.12. The maximum Gasteiger partial charge on any atom is 0.239 e. The van der Waals surface area contributed by atoms with E-state index in [0.29, 0.717) is 5.16 Å². The molecular formula is C15H20N6O2S. The number of tetrazole rings is 1. The van der Waals surface area contributed by atoms with E-state index in [4.69, 9.17) is 0 Å². The van der Waals surface area contributed by atoms with E-state index in [1.54, 1.807) is 11.7 Å². The van der Waals surface area contributed by atoms with E-state index in [9.17, 15) is 9.59 Å². The first-order valence-corrected chi connectivity index (χ1v) is 8.34. The summed E-state index contributed by atoms with van der Waals surface area (Å²) >= 11 is 1.23. The summed E-state index contributed by atoms with van der Waals surface area (Å²) in [5, 5.41) is 14.7. The van der Waals surface area contributed by atoms with Crippen LogP contribution in [0.25, 0.3) is 5.69 Å². The molecule has 0 spiro atoms. The number of nitrogens with one attached hydrogen (secondary N) is 1. The smallest absolute Gasteiger partial charge is 0.239 e. The highest BCUT2D eigenvalue weighted by molar-refractivity contribution is 7.99. The SMILES string of the molecule is CNC(=O)CN(C)C(=O)CSc1nnnn1-c1ccc(C)c(C)c1. The first-order chi connectivity index (χ1) is 11.4. The monoisotopic (exact) mass is 348 g/mol. The molecule has 0 aliphatic rings. The maximum absolute atomic E-state index is 12.1. The molecule has 24 heavy (non-hydrogen) atoms. The second kappa shape index (κ2) is 7.91. The molecule has 0 atom stereocenters. The lowest BCUT2D eigenvalue weighted by Gasteiger charge is -2.15. The Kier molecular flexibility index (Phi) is 5.91. The highest BCUT2D eigenvalue weighted by Gasteiger charge is 2.16. The molecule has 2 amide bonds. The second-order valence-electron chi connectivity index (χ2n) is 5.35. The van der Waals surface area contributed by atoms with Crippen LogP contribution in [0.1, 0.15) is 11.1 Å². The van der Waals surface area contributed by atoms with Crippen LogP contribution >= 0.6 is 11.8 Å². The molecule has 128 valence electrons. The van der Waals surface area contributed by atoms with Gasteiger partial charge in [-0.15, -0.1) is 5.10 Å². The van der Waals surface area contributed by atoms with Crippen LogP contribution in [0.15, 0.2) is 23.4 Å². The van der Waals surface area contributed by atoms with Gasteiger partial charge in [-0.1, -0.05) is 17.8 Å². The van der Waals surface area contributed by atoms with Gasteiger partial charge in [-0.3, -0.25) is 9.59 Å². The lowest BCUT2D eigenvalue weighted by molar-refractivity contribution is -0.132. The fourth-order valence-electron chi connectivity index (χ4n) is 1.91. The Bertz CT molecular complexity index is 745. The van der Waals surface area contributed by atoms with Crippen LogP contribution in [0, 0.1) is 13.8 Å². The van der Waals surface area contributed by atoms with Gasteiger partial charge in [0.15, 0.2) is 0 Å². The summed E-state index contributed by atoms with van der Waals surface area (Å²) in [6.45, 7) is 4.08. The van der Waals surface area contributed by atoms with Crippen molar-refractivity contribution in [1.29, 1.82) is 0 Å². The van der Waals surface area contributed by atoms with Gasteiger partial charge in [0.25, 0.3) is 0 Å². The van der Waals surface area contributed by atoms with Gasteiger partial charge in [0, 0.05) is 14.1 Å². The van der Waals surface area contributed by atoms with Gasteiger partial charge in [0.05, 0.1) is 18.0 Å². The molecule has 0 saturated carbocycles. The molecule has 1 N–H and O–H groups in total. The number of thioether (sulfide) groups is 1. The molecule has 8 nitrogen and oxygen atoms in total. The van der Waals surface area contributed by atoms with Crippen molar-refractivity contribution in [1.82, 2.24) is 30.4 Å². The van der Waals surface area contributed by atoms with Crippen molar-refractivity contribution < 1.29 is 9.59 Å². The van der Waals surface area contributed by atoms with Crippen molar-refractivity contribution in [3.05, 3.63) is 29.3 Å². The molecule has 0 aliphatic carbocycles. The molecule has 0 fully saturated rings. The minimum atomic E-state index is -0.212. The van der Waals surface area contributed by atoms with Gasteiger partial charge in [0.1, 0.15) is 0 Å². The number of likely N-dealkylation sites (N-methyl/N-ethyl adjacent to an activating group) is 2. The van der Waals surface area contributed by atoms with Crippen LogP contribution < -0.4 is 5.32 Å². The fraction of sp³-hybridized carbons (Fsp3) is 0.400. The van der Waals surface area contributed by atoms with Crippen molar-refractivity contribution in [3.8, 4) is 5.69 Å². The molecule has 0 unspecified atom stereocenters. The van der Waals surface area contributed by atoms with Gasteiger partial charge in [0.2, 0.25) is 17.0 Å². The molecule has 1 heterocycles. The molecule has 2 aromatic rings. The predicted octanol–water partition coefficient (Wildman–Crippen LogP) is 0.576. The van der Waals surface area contributed by atoms with E-state index in [-0.39, 0.29) is 24.1 Å². The average molecular weight is 348 g/mol. The van der Waals surface area contributed by atoms with E-state index in [1.165, 1.54) is 29.3 Å². The third-order valence-corrected chi connectivity index (χ3v) is 4.49. The number of aromatic nitrogens is 4. The number of benzene rings is 1. The number of carbonyl (C=O) groups is 2. The summed E-state index contributed by atoms with van der Waals surface area (Å²) in [6.07, 6.45) is 0. The van der Waals surface area contributed by atoms with Crippen LogP contribution in [0.5, 0.6) is 0 Å². The van der Waals surface area contributed by atoms with E-state index in [0.717, 1.165) is 11.3 Å². The Morgan fingerprint density at radius 3 is 2.71 bits per heavy atom. The third-order valence-electron chi connectivity index (χ3n) is 3.59. The molecular weight excluding hydrogens is 328 g/mol. The molecule has 0 aliphatic heterocycles. The van der Waals surface area contributed by atoms with Gasteiger partial charge in [-0.25, -0.2) is 0 Å². The van der Waals surface area contributed by atoms with Crippen molar-refractivity contribution in [2.24, 2.45) is 0 Å². The Morgan fingerprint density at radius 1 is 1.29 bits per heavy atom. The summed E-state index contributed by atoms with van der Waals surface area (Å²) in [5.41, 5.74) is 3.17. The van der Waals surface area contributed by atoms with Crippen molar-refractivity contribution in [3.63, 3.8) is 0 Å². The fourth-order valence-corrected chi connectivity index (χ4v) is 2.74. The van der Waals surface area contributed by atoms with Gasteiger partial charge >= 0.3 is 0 Å². The van der Waals surface area contributed by atoms with Crippen molar-refractivity contribution >= 4 is 23.6 Å². The lowest BCUT2D eigenvalue weighted by atomic mass is 10.1. The summed E-state index contributed by atoms with van der Waals surface area (Å²) < 4.78 is 1.60. The van der Waals surface area contributed by atoms with E-state index < -0.39 is 0 Å². The van der Waals surface area contributed by atoms with Crippen LogP contribution in [-0.4, -0.2) is 63.3 Å². The Morgan fingerprint density at radius 2 is 2.04 bits per heavy atom. The van der Waals surface area contributed by atoms with Crippen LogP contribution in [-0.2, 0) is 9.59 Å². The van der Waals surface area contributed by atoms with Gasteiger partial charge in [-0.2, -0.15) is 4.68 Å². The number of rotatable bonds is 6. The van der Waals surface area contributed by atoms with E-state index in [1.807, 2.05) is 32.0 Å². The Labute approximate surface area is 144 Å². The average Bonchev–Trinajstić information content (AvgIpc) is 3.03. The first kappa shape index (κ1) is 17.9. The highest BCUT2D eigenvalue weighted by Crippen LogP contribution is 2.20. The standard InChI is InChI=1S/C15H20N6O2S/c1-10-5-6-12(7-11(10)2)21-15(17-18-19-21)24-9-14(23)20(4)8-13(22)16-3/h5-7H,8-9H2,1-4H3,(H,16,22). The van der Waals surface area contributed by atoms with Crippen molar-refractivity contribution in [2.45, 2.75) is 19.0 Å². The summed E-state index contributed by atoms with van der Waals surface area (Å²) in [6, 6.07) is 5.93. The highest BCUT2D eigenvalue weighted by atomic mass is 32.2. The number of hydrogen-bond acceptors (Lipinski definition) is 6. The third kappa shape index (κ3) is 4.31. The van der Waals surface area contributed by atoms with Gasteiger partial charge in [-0.05, 0) is 47.5 Å². The normalized spacial score (nSPS) is 10.5. The van der Waals surface area contributed by atoms with E-state index >= 15 is 0 Å². The number of aryl methyl sites for hydroxylation is 2. The number of nitrogens with zero attached hydrogens (tertiary/aromatic N) is 5. The zero-order chi connectivity index (χ0) is 17.7. The molecule has 0 radical (unpaired) electrons. The molecule has 2 rings (SSSR count). The Balaban J connectivity index is 2.04. The number of amides is 2. The van der Waals surface area contributed by atoms with Crippen molar-refractivity contribution in [2.75, 3.05) is 26.4 Å². The molecule has 9 heteroatoms. The molecule has 1 aromatic heterocycles. The van der Waals surface area contributed by atoms with Gasteiger partial charge < -0.3 is 10.2 Å². The minimum absolute atomic E-state index is 0.0258. The van der Waals surface area contributed by atoms with E-state index in [2.05, 4.69) is 20.8 Å². The zero-order valence-corrected chi connectivity index (χ0v) is 14.9. The van der Waals surface area contributed by atoms with Crippen LogP contribution in [0.2, 0.25) is 0 Å². The summed E-state index contributed by atoms with van der Waals surface area (Å²) in [5.74, 6) is -0.229. The largest absolute Gasteiger partial charge is 0.358 e. The minimum Gasteiger partial charge on any atom is -0.358 e. The maximum atomic E-state index is 12.1. The zero-order valence-electron chi connectivity index (χ0n) is 14.1. The lowest BCUT2D eigenvalue weighted by Crippen LogP contribution is -2.37. The summed E-state index contributed by atoms with van der Waals surface area (Å²) in [4.78, 5) is 24.8. The molecule has 0 bridgehead atoms. The molecule has 0 saturated heterocycles. The first-order valence-electron chi connectivity index (χ1n) is 7.35. The molecule has 1 aromatic carbocycles. The second-order valence-corrected chi connectivity index (χ2v) is 6.30. The number of carbonyl (C=O) groups excluding carboxylic acids is 2. The van der Waals surface area contributed by atoms with Crippen LogP contribution in [0.4, 0.5) is 0 Å². The Hall–Kier alpha value is -2.42. The number of hydrogen-bond donors (Lipinski definition) is 1.